The molecule has 1 saturated heterocycles. The molecule has 1 aliphatic heterocycles. The van der Waals surface area contributed by atoms with Crippen LogP contribution in [0.1, 0.15) is 31.7 Å². The molecule has 1 aliphatic rings. The highest BCUT2D eigenvalue weighted by Gasteiger charge is 2.48. The van der Waals surface area contributed by atoms with Crippen molar-refractivity contribution < 1.29 is 19.7 Å². The normalized spacial score (nSPS) is 23.2. The molecule has 3 rings (SSSR count). The second kappa shape index (κ2) is 7.11. The highest BCUT2D eigenvalue weighted by Crippen LogP contribution is 2.37. The third kappa shape index (κ3) is 3.09. The van der Waals surface area contributed by atoms with Crippen molar-refractivity contribution in [3.63, 3.8) is 0 Å². The Labute approximate surface area is 153 Å². The summed E-state index contributed by atoms with van der Waals surface area (Å²) >= 11 is 0. The first-order valence-electron chi connectivity index (χ1n) is 9.03. The maximum Gasteiger partial charge on any atom is 0.314 e. The van der Waals surface area contributed by atoms with Crippen LogP contribution in [-0.2, 0) is 4.79 Å². The zero-order valence-electron chi connectivity index (χ0n) is 15.5. The molecule has 0 aliphatic carbocycles. The highest BCUT2D eigenvalue weighted by molar-refractivity contribution is 5.85. The van der Waals surface area contributed by atoms with Gasteiger partial charge in [-0.25, -0.2) is 4.98 Å². The predicted octanol–water partition coefficient (Wildman–Crippen LogP) is 2.99. The van der Waals surface area contributed by atoms with E-state index in [-0.39, 0.29) is 6.54 Å². The number of carboxylic acids is 1. The number of benzene rings is 1. The zero-order chi connectivity index (χ0) is 18.9. The molecule has 140 valence electrons. The summed E-state index contributed by atoms with van der Waals surface area (Å²) < 4.78 is 5.29. The molecule has 6 nitrogen and oxygen atoms in total. The largest absolute Gasteiger partial charge is 0.497 e. The van der Waals surface area contributed by atoms with Crippen LogP contribution in [0.2, 0.25) is 0 Å². The number of nitrogens with zero attached hydrogens (tertiary/aromatic N) is 2. The Morgan fingerprint density at radius 3 is 2.85 bits per heavy atom. The number of hydrogen-bond donors (Lipinski definition) is 2. The first kappa shape index (κ1) is 18.5. The average Bonchev–Trinajstić information content (AvgIpc) is 2.62. The van der Waals surface area contributed by atoms with Crippen molar-refractivity contribution >= 4 is 22.7 Å². The van der Waals surface area contributed by atoms with Crippen LogP contribution in [0.25, 0.3) is 10.9 Å². The molecular weight excluding hydrogens is 332 g/mol. The Balaban J connectivity index is 2.01. The molecule has 0 bridgehead atoms. The van der Waals surface area contributed by atoms with Gasteiger partial charge in [0.25, 0.3) is 0 Å². The fourth-order valence-electron chi connectivity index (χ4n) is 3.94. The van der Waals surface area contributed by atoms with Crippen LogP contribution >= 0.6 is 0 Å². The number of carboxylic acid groups (broad SMARTS) is 1. The van der Waals surface area contributed by atoms with E-state index in [1.807, 2.05) is 43.0 Å². The Bertz CT molecular complexity index is 823. The number of carbonyl (C=O) groups is 1. The van der Waals surface area contributed by atoms with Gasteiger partial charge in [-0.1, -0.05) is 13.3 Å². The molecule has 1 fully saturated rings. The Kier molecular flexibility index (Phi) is 5.05. The minimum Gasteiger partial charge on any atom is -0.497 e. The van der Waals surface area contributed by atoms with E-state index >= 15 is 0 Å². The lowest BCUT2D eigenvalue weighted by molar-refractivity contribution is -0.158. The maximum atomic E-state index is 12.0. The molecular formula is C20H26N2O4. The van der Waals surface area contributed by atoms with Crippen molar-refractivity contribution in [3.8, 4) is 5.75 Å². The van der Waals surface area contributed by atoms with Crippen molar-refractivity contribution in [1.82, 2.24) is 4.98 Å². The summed E-state index contributed by atoms with van der Waals surface area (Å²) in [4.78, 5) is 18.7. The van der Waals surface area contributed by atoms with Crippen molar-refractivity contribution in [3.05, 3.63) is 29.8 Å². The predicted molar refractivity (Wildman–Crippen MR) is 101 cm³/mol. The maximum absolute atomic E-state index is 12.0. The van der Waals surface area contributed by atoms with Gasteiger partial charge in [-0.2, -0.15) is 0 Å². The Morgan fingerprint density at radius 2 is 2.19 bits per heavy atom. The van der Waals surface area contributed by atoms with Crippen LogP contribution in [0.3, 0.4) is 0 Å². The lowest BCUT2D eigenvalue weighted by Crippen LogP contribution is -2.56. The second-order valence-electron chi connectivity index (χ2n) is 7.12. The first-order chi connectivity index (χ1) is 12.4. The number of aliphatic hydroxyl groups excluding tert-OH is 1. The van der Waals surface area contributed by atoms with Gasteiger partial charge in [0.05, 0.1) is 18.7 Å². The summed E-state index contributed by atoms with van der Waals surface area (Å²) in [5.74, 6) is 0.550. The lowest BCUT2D eigenvalue weighted by atomic mass is 9.74. The Hall–Kier alpha value is -2.34. The molecule has 0 radical (unpaired) electrons. The van der Waals surface area contributed by atoms with E-state index in [1.165, 1.54) is 0 Å². The van der Waals surface area contributed by atoms with E-state index in [0.717, 1.165) is 28.0 Å². The SMILES string of the molecule is CCC[C@]1(C(=O)O)CN(c2cc(C)c3ccc(OC)cc3n2)CC[C@@H]1O. The van der Waals surface area contributed by atoms with Gasteiger partial charge in [-0.15, -0.1) is 0 Å². The molecule has 2 heterocycles. The van der Waals surface area contributed by atoms with Gasteiger partial charge in [-0.3, -0.25) is 4.79 Å². The minimum atomic E-state index is -1.15. The summed E-state index contributed by atoms with van der Waals surface area (Å²) in [6.07, 6.45) is 0.736. The highest BCUT2D eigenvalue weighted by atomic mass is 16.5. The van der Waals surface area contributed by atoms with Gasteiger partial charge in [0.1, 0.15) is 17.0 Å². The third-order valence-corrected chi connectivity index (χ3v) is 5.44. The average molecular weight is 358 g/mol. The van der Waals surface area contributed by atoms with Crippen molar-refractivity contribution in [1.29, 1.82) is 0 Å². The molecule has 0 spiro atoms. The van der Waals surface area contributed by atoms with Crippen LogP contribution in [0.15, 0.2) is 24.3 Å². The molecule has 1 aromatic carbocycles. The molecule has 1 aromatic heterocycles. The number of pyridine rings is 1. The summed E-state index contributed by atoms with van der Waals surface area (Å²) in [5, 5.41) is 21.3. The van der Waals surface area contributed by atoms with E-state index < -0.39 is 17.5 Å². The van der Waals surface area contributed by atoms with Crippen molar-refractivity contribution in [2.45, 2.75) is 39.2 Å². The van der Waals surface area contributed by atoms with E-state index in [9.17, 15) is 15.0 Å². The van der Waals surface area contributed by atoms with Crippen LogP contribution in [0.4, 0.5) is 5.82 Å². The third-order valence-electron chi connectivity index (χ3n) is 5.44. The van der Waals surface area contributed by atoms with Gasteiger partial charge in [0, 0.05) is 24.5 Å². The molecule has 0 amide bonds. The van der Waals surface area contributed by atoms with E-state index in [0.29, 0.717) is 25.8 Å². The Morgan fingerprint density at radius 1 is 1.42 bits per heavy atom. The number of aliphatic carboxylic acids is 1. The summed E-state index contributed by atoms with van der Waals surface area (Å²) in [6.45, 7) is 4.82. The standard InChI is InChI=1S/C20H26N2O4/c1-4-8-20(19(24)25)12-22(9-7-17(20)23)18-10-13(2)15-6-5-14(26-3)11-16(15)21-18/h5-6,10-11,17,23H,4,7-9,12H2,1-3H3,(H,24,25)/t17-,20-/m0/s1. The van der Waals surface area contributed by atoms with Crippen molar-refractivity contribution in [2.75, 3.05) is 25.1 Å². The van der Waals surface area contributed by atoms with Gasteiger partial charge in [0.2, 0.25) is 0 Å². The fourth-order valence-corrected chi connectivity index (χ4v) is 3.94. The van der Waals surface area contributed by atoms with Gasteiger partial charge in [-0.05, 0) is 43.5 Å². The number of aliphatic hydroxyl groups is 1. The molecule has 2 aromatic rings. The number of methoxy groups -OCH3 is 1. The van der Waals surface area contributed by atoms with Crippen LogP contribution in [0, 0.1) is 12.3 Å². The smallest absolute Gasteiger partial charge is 0.314 e. The first-order valence-corrected chi connectivity index (χ1v) is 9.03. The van der Waals surface area contributed by atoms with E-state index in [1.54, 1.807) is 7.11 Å². The number of ether oxygens (including phenoxy) is 1. The summed E-state index contributed by atoms with van der Waals surface area (Å²) in [6, 6.07) is 7.77. The monoisotopic (exact) mass is 358 g/mol. The van der Waals surface area contributed by atoms with Crippen molar-refractivity contribution in [2.24, 2.45) is 5.41 Å². The topological polar surface area (TPSA) is 82.9 Å². The molecule has 26 heavy (non-hydrogen) atoms. The van der Waals surface area contributed by atoms with Crippen LogP contribution in [0.5, 0.6) is 5.75 Å². The number of piperidine rings is 1. The molecule has 0 unspecified atom stereocenters. The summed E-state index contributed by atoms with van der Waals surface area (Å²) in [7, 11) is 1.62. The van der Waals surface area contributed by atoms with E-state index in [2.05, 4.69) is 0 Å². The minimum absolute atomic E-state index is 0.263. The van der Waals surface area contributed by atoms with Crippen LogP contribution in [-0.4, -0.2) is 47.5 Å². The van der Waals surface area contributed by atoms with Gasteiger partial charge in [0.15, 0.2) is 0 Å². The van der Waals surface area contributed by atoms with E-state index in [4.69, 9.17) is 9.72 Å². The molecule has 2 atom stereocenters. The quantitative estimate of drug-likeness (QED) is 0.855. The number of anilines is 1. The number of aryl methyl sites for hydroxylation is 1. The van der Waals surface area contributed by atoms with Gasteiger partial charge < -0.3 is 19.8 Å². The summed E-state index contributed by atoms with van der Waals surface area (Å²) in [5.41, 5.74) is 0.753. The van der Waals surface area contributed by atoms with Gasteiger partial charge >= 0.3 is 5.97 Å². The molecule has 2 N–H and O–H groups in total. The number of rotatable bonds is 5. The fraction of sp³-hybridized carbons (Fsp3) is 0.500. The molecule has 6 heteroatoms. The lowest BCUT2D eigenvalue weighted by Gasteiger charge is -2.44. The molecule has 0 saturated carbocycles. The number of hydrogen-bond acceptors (Lipinski definition) is 5. The number of fused-ring (bicyclic) bond motifs is 1. The number of aromatic nitrogens is 1. The van der Waals surface area contributed by atoms with Crippen LogP contribution < -0.4 is 9.64 Å². The zero-order valence-corrected chi connectivity index (χ0v) is 15.5. The second-order valence-corrected chi connectivity index (χ2v) is 7.12.